The van der Waals surface area contributed by atoms with Crippen molar-refractivity contribution >= 4 is 60.2 Å². The van der Waals surface area contributed by atoms with Crippen molar-refractivity contribution in [3.05, 3.63) is 41.1 Å². The molecule has 2 rings (SSSR count). The third-order valence-corrected chi connectivity index (χ3v) is 2.59. The van der Waals surface area contributed by atoms with Gasteiger partial charge in [0, 0.05) is 28.9 Å². The van der Waals surface area contributed by atoms with Crippen molar-refractivity contribution in [2.75, 3.05) is 5.73 Å². The summed E-state index contributed by atoms with van der Waals surface area (Å²) in [4.78, 5) is 4.30. The fraction of sp³-hybridized carbons (Fsp3) is 0.0833. The van der Waals surface area contributed by atoms with E-state index in [4.69, 9.17) is 31.7 Å². The van der Waals surface area contributed by atoms with Crippen LogP contribution in [0.5, 0.6) is 0 Å². The monoisotopic (exact) mass is 385 g/mol. The van der Waals surface area contributed by atoms with Gasteiger partial charge in [0.15, 0.2) is 17.3 Å². The number of aryl methyl sites for hydroxylation is 1. The Kier molecular flexibility index (Phi) is 7.88. The van der Waals surface area contributed by atoms with Crippen LogP contribution in [0.1, 0.15) is 11.3 Å². The molecule has 2 aromatic rings. The topological polar surface area (TPSA) is 91.4 Å². The first-order chi connectivity index (χ1) is 10.0. The van der Waals surface area contributed by atoms with Gasteiger partial charge in [-0.3, -0.25) is 10.7 Å². The first-order valence-electron chi connectivity index (χ1n) is 5.55. The molecule has 9 heteroatoms. The van der Waals surface area contributed by atoms with Gasteiger partial charge in [0.1, 0.15) is 0 Å². The maximum atomic E-state index is 5.97. The standard InChI is InChI=1S/C12H13N5S.2ClH.Fe/c1-7-5-15-10(6-16-17-12(14)18)8-3-2-4-9(13)11(7)8;;;/h2-6H,1H3,(H5,13,14,15,16,17,18);2*1H;/q;;;+2/p-2. The average molecular weight is 386 g/mol. The van der Waals surface area contributed by atoms with Gasteiger partial charge in [-0.2, -0.15) is 0 Å². The molecular formula is C12H13Cl2FeN5S. The second-order valence-electron chi connectivity index (χ2n) is 3.85. The van der Waals surface area contributed by atoms with E-state index in [2.05, 4.69) is 27.7 Å². The number of pyridine rings is 1. The molecule has 0 radical (unpaired) electrons. The van der Waals surface area contributed by atoms with Crippen molar-refractivity contribution in [3.8, 4) is 0 Å². The SMILES string of the molecule is Cc1cnc(C=N[N-]C(N)=[SH+])c2cccc(N)c12.[Cl][Fe][Cl]. The number of nitrogens with zero attached hydrogens (tertiary/aromatic N) is 3. The molecule has 0 bridgehead atoms. The number of fused-ring (bicyclic) bond motifs is 1. The molecule has 0 aliphatic heterocycles. The Morgan fingerprint density at radius 3 is 2.76 bits per heavy atom. The quantitative estimate of drug-likeness (QED) is 0.158. The summed E-state index contributed by atoms with van der Waals surface area (Å²) in [6.45, 7) is 1.97. The van der Waals surface area contributed by atoms with E-state index >= 15 is 0 Å². The van der Waals surface area contributed by atoms with Crippen molar-refractivity contribution in [1.29, 1.82) is 0 Å². The van der Waals surface area contributed by atoms with Gasteiger partial charge in [-0.05, 0) is 18.6 Å². The second kappa shape index (κ2) is 9.15. The summed E-state index contributed by atoms with van der Waals surface area (Å²) in [5.41, 5.74) is 17.3. The van der Waals surface area contributed by atoms with E-state index in [1.54, 1.807) is 6.20 Å². The Labute approximate surface area is 142 Å². The summed E-state index contributed by atoms with van der Waals surface area (Å²) in [5.74, 6) is 0. The number of benzene rings is 1. The van der Waals surface area contributed by atoms with Crippen LogP contribution in [-0.4, -0.2) is 16.3 Å². The minimum absolute atomic E-state index is 0.0992. The van der Waals surface area contributed by atoms with Crippen molar-refractivity contribution < 1.29 is 13.1 Å². The van der Waals surface area contributed by atoms with Crippen molar-refractivity contribution in [2.24, 2.45) is 10.8 Å². The second-order valence-corrected chi connectivity index (χ2v) is 6.13. The van der Waals surface area contributed by atoms with Gasteiger partial charge in [-0.15, -0.1) is 0 Å². The zero-order valence-corrected chi connectivity index (χ0v) is 14.5. The molecule has 0 atom stereocenters. The Hall–Kier alpha value is -0.951. The van der Waals surface area contributed by atoms with Gasteiger partial charge in [0.25, 0.3) is 0 Å². The summed E-state index contributed by atoms with van der Waals surface area (Å²) < 4.78 is 0. The molecule has 0 aliphatic rings. The fourth-order valence-corrected chi connectivity index (χ4v) is 1.82. The van der Waals surface area contributed by atoms with E-state index < -0.39 is 0 Å². The molecule has 0 fully saturated rings. The van der Waals surface area contributed by atoms with Gasteiger partial charge >= 0.3 is 33.3 Å². The summed E-state index contributed by atoms with van der Waals surface area (Å²) in [6.07, 6.45) is 3.29. The number of nitrogens with two attached hydrogens (primary N) is 2. The summed E-state index contributed by atoms with van der Waals surface area (Å²) in [5, 5.41) is 5.83. The number of rotatable bonds is 2. The van der Waals surface area contributed by atoms with Crippen LogP contribution in [0.3, 0.4) is 0 Å². The Morgan fingerprint density at radius 2 is 2.14 bits per heavy atom. The van der Waals surface area contributed by atoms with E-state index in [-0.39, 0.29) is 18.2 Å². The molecule has 1 aromatic carbocycles. The van der Waals surface area contributed by atoms with Crippen molar-refractivity contribution in [3.63, 3.8) is 0 Å². The number of anilines is 1. The van der Waals surface area contributed by atoms with Crippen LogP contribution in [0.2, 0.25) is 0 Å². The van der Waals surface area contributed by atoms with Crippen molar-refractivity contribution in [2.45, 2.75) is 6.92 Å². The maximum absolute atomic E-state index is 5.97. The van der Waals surface area contributed by atoms with Crippen LogP contribution >= 0.6 is 20.2 Å². The van der Waals surface area contributed by atoms with Crippen molar-refractivity contribution in [1.82, 2.24) is 4.98 Å². The van der Waals surface area contributed by atoms with Gasteiger partial charge < -0.3 is 16.3 Å². The Balaban J connectivity index is 0.000000677. The average Bonchev–Trinajstić information content (AvgIpc) is 2.42. The van der Waals surface area contributed by atoms with Gasteiger partial charge in [0.05, 0.1) is 5.69 Å². The molecule has 4 N–H and O–H groups in total. The third kappa shape index (κ3) is 5.39. The normalized spacial score (nSPS) is 10.5. The Morgan fingerprint density at radius 1 is 1.48 bits per heavy atom. The molecule has 5 nitrogen and oxygen atoms in total. The molecular weight excluding hydrogens is 373 g/mol. The third-order valence-electron chi connectivity index (χ3n) is 2.50. The van der Waals surface area contributed by atoms with Crippen LogP contribution in [0.15, 0.2) is 29.5 Å². The number of halogens is 2. The van der Waals surface area contributed by atoms with Crippen LogP contribution in [0, 0.1) is 6.92 Å². The van der Waals surface area contributed by atoms with Gasteiger partial charge in [-0.25, -0.2) is 0 Å². The minimum atomic E-state index is 0.0992. The predicted octanol–water partition coefficient (Wildman–Crippen LogP) is 2.53. The fourth-order valence-electron chi connectivity index (χ4n) is 1.77. The van der Waals surface area contributed by atoms with Crippen LogP contribution in [0.4, 0.5) is 5.69 Å². The molecule has 0 amide bonds. The zero-order valence-electron chi connectivity index (χ0n) is 10.9. The first-order valence-corrected chi connectivity index (χ1v) is 9.04. The van der Waals surface area contributed by atoms with Crippen LogP contribution < -0.4 is 11.5 Å². The van der Waals surface area contributed by atoms with E-state index in [9.17, 15) is 0 Å². The first kappa shape index (κ1) is 18.1. The summed E-state index contributed by atoms with van der Waals surface area (Å²) >= 11 is 4.02. The number of aromatic nitrogens is 1. The van der Waals surface area contributed by atoms with E-state index in [1.165, 1.54) is 6.21 Å². The molecule has 1 heterocycles. The predicted molar refractivity (Wildman–Crippen MR) is 91.5 cm³/mol. The molecule has 0 aliphatic carbocycles. The number of hydrogen-bond acceptors (Lipinski definition) is 3. The molecule has 1 aromatic heterocycles. The van der Waals surface area contributed by atoms with E-state index in [0.29, 0.717) is 5.69 Å². The molecule has 0 saturated heterocycles. The van der Waals surface area contributed by atoms with E-state index in [0.717, 1.165) is 22.0 Å². The summed E-state index contributed by atoms with van der Waals surface area (Å²) in [6, 6.07) is 5.69. The molecule has 0 saturated carbocycles. The van der Waals surface area contributed by atoms with Gasteiger partial charge in [0.2, 0.25) is 0 Å². The van der Waals surface area contributed by atoms with Gasteiger partial charge in [-0.1, -0.05) is 12.1 Å². The van der Waals surface area contributed by atoms with Crippen LogP contribution in [-0.2, 0) is 25.4 Å². The molecule has 114 valence electrons. The van der Waals surface area contributed by atoms with Crippen LogP contribution in [0.25, 0.3) is 16.2 Å². The molecule has 0 unspecified atom stereocenters. The molecule has 0 spiro atoms. The molecule has 21 heavy (non-hydrogen) atoms. The number of hydrogen-bond donors (Lipinski definition) is 2. The Bertz CT molecular complexity index is 657. The summed E-state index contributed by atoms with van der Waals surface area (Å²) in [7, 11) is 9.53. The number of nitrogen functional groups attached to an aromatic ring is 1. The van der Waals surface area contributed by atoms with E-state index in [1.807, 2.05) is 25.1 Å². The zero-order chi connectivity index (χ0) is 15.8. The number of thiol groups is 1.